The zero-order chi connectivity index (χ0) is 21.3. The van der Waals surface area contributed by atoms with E-state index in [0.717, 1.165) is 5.69 Å². The van der Waals surface area contributed by atoms with E-state index >= 15 is 0 Å². The second-order valence-electron chi connectivity index (χ2n) is 7.55. The Kier molecular flexibility index (Phi) is 5.66. The number of anilines is 2. The van der Waals surface area contributed by atoms with Crippen LogP contribution in [0.15, 0.2) is 42.5 Å². The number of carbonyl (C=O) groups excluding carboxylic acids is 1. The second kappa shape index (κ2) is 8.23. The lowest BCUT2D eigenvalue weighted by molar-refractivity contribution is 0.138. The third kappa shape index (κ3) is 4.27. The number of amides is 1. The third-order valence-corrected chi connectivity index (χ3v) is 7.10. The van der Waals surface area contributed by atoms with Crippen molar-refractivity contribution in [2.24, 2.45) is 5.73 Å². The highest BCUT2D eigenvalue weighted by Gasteiger charge is 2.32. The number of hydrogen-bond acceptors (Lipinski definition) is 6. The largest absolute Gasteiger partial charge is 0.444 e. The molecule has 2 aliphatic rings. The van der Waals surface area contributed by atoms with Gasteiger partial charge in [0.25, 0.3) is 0 Å². The van der Waals surface area contributed by atoms with Crippen molar-refractivity contribution >= 4 is 27.3 Å². The van der Waals surface area contributed by atoms with Crippen LogP contribution in [0.1, 0.15) is 6.42 Å². The van der Waals surface area contributed by atoms with Crippen LogP contribution in [-0.2, 0) is 14.6 Å². The van der Waals surface area contributed by atoms with Gasteiger partial charge >= 0.3 is 6.09 Å². The Balaban J connectivity index is 1.55. The maximum Gasteiger partial charge on any atom is 0.414 e. The summed E-state index contributed by atoms with van der Waals surface area (Å²) in [4.78, 5) is 15.5. The molecule has 7 nitrogen and oxygen atoms in total. The Bertz CT molecular complexity index is 1050. The first kappa shape index (κ1) is 20.6. The van der Waals surface area contributed by atoms with E-state index in [1.165, 1.54) is 11.0 Å². The van der Waals surface area contributed by atoms with Crippen LogP contribution in [0.4, 0.5) is 20.6 Å². The van der Waals surface area contributed by atoms with Crippen LogP contribution >= 0.6 is 0 Å². The zero-order valence-corrected chi connectivity index (χ0v) is 17.3. The van der Waals surface area contributed by atoms with Crippen LogP contribution in [0.2, 0.25) is 0 Å². The summed E-state index contributed by atoms with van der Waals surface area (Å²) in [6.45, 7) is 1.61. The molecular formula is C21H24FN3O4S. The fraction of sp³-hybridized carbons (Fsp3) is 0.381. The number of nitrogens with zero attached hydrogens (tertiary/aromatic N) is 2. The highest BCUT2D eigenvalue weighted by atomic mass is 32.2. The molecule has 2 aromatic rings. The lowest BCUT2D eigenvalue weighted by Gasteiger charge is -2.29. The first-order chi connectivity index (χ1) is 14.4. The molecule has 0 spiro atoms. The lowest BCUT2D eigenvalue weighted by atomic mass is 10.0. The predicted octanol–water partition coefficient (Wildman–Crippen LogP) is 2.40. The van der Waals surface area contributed by atoms with Crippen LogP contribution in [0.5, 0.6) is 0 Å². The minimum absolute atomic E-state index is 0.122. The highest BCUT2D eigenvalue weighted by Crippen LogP contribution is 2.31. The first-order valence-electron chi connectivity index (χ1n) is 9.90. The van der Waals surface area contributed by atoms with E-state index in [2.05, 4.69) is 0 Å². The fourth-order valence-electron chi connectivity index (χ4n) is 3.82. The molecule has 4 rings (SSSR count). The van der Waals surface area contributed by atoms with Crippen LogP contribution in [0, 0.1) is 5.82 Å². The summed E-state index contributed by atoms with van der Waals surface area (Å²) < 4.78 is 43.5. The van der Waals surface area contributed by atoms with Gasteiger partial charge in [-0.05, 0) is 48.9 Å². The number of cyclic esters (lactones) is 1. The normalized spacial score (nSPS) is 21.0. The molecule has 2 aromatic carbocycles. The molecule has 0 unspecified atom stereocenters. The average Bonchev–Trinajstić information content (AvgIpc) is 3.08. The molecule has 0 bridgehead atoms. The van der Waals surface area contributed by atoms with Crippen molar-refractivity contribution in [3.05, 3.63) is 48.3 Å². The number of sulfone groups is 1. The SMILES string of the molecule is NCC[C@H]1CN(c2ccc(-c3cccc(N4CCS(=O)(=O)CC4)c3)c(F)c2)C(=O)O1. The van der Waals surface area contributed by atoms with Crippen molar-refractivity contribution in [1.82, 2.24) is 0 Å². The quantitative estimate of drug-likeness (QED) is 0.778. The molecule has 2 aliphatic heterocycles. The number of benzene rings is 2. The molecule has 0 aliphatic carbocycles. The minimum Gasteiger partial charge on any atom is -0.444 e. The van der Waals surface area contributed by atoms with Crippen molar-refractivity contribution < 1.29 is 22.3 Å². The van der Waals surface area contributed by atoms with Crippen molar-refractivity contribution in [2.75, 3.05) is 47.5 Å². The van der Waals surface area contributed by atoms with E-state index in [-0.39, 0.29) is 17.6 Å². The van der Waals surface area contributed by atoms with Crippen LogP contribution in [-0.4, -0.2) is 58.3 Å². The van der Waals surface area contributed by atoms with Crippen molar-refractivity contribution in [3.8, 4) is 11.1 Å². The van der Waals surface area contributed by atoms with Gasteiger partial charge in [0.05, 0.1) is 23.7 Å². The standard InChI is InChI=1S/C21H24FN3O4S/c22-20-13-17(25-14-18(6-7-23)29-21(25)26)4-5-19(20)15-2-1-3-16(12-15)24-8-10-30(27,28)11-9-24/h1-5,12-13,18H,6-11,14,23H2/t18-/m0/s1. The summed E-state index contributed by atoms with van der Waals surface area (Å²) in [5.41, 5.74) is 7.93. The van der Waals surface area contributed by atoms with Gasteiger partial charge in [-0.3, -0.25) is 4.90 Å². The molecule has 1 atom stereocenters. The number of nitrogens with two attached hydrogens (primary N) is 1. The van der Waals surface area contributed by atoms with Crippen molar-refractivity contribution in [2.45, 2.75) is 12.5 Å². The van der Waals surface area contributed by atoms with Gasteiger partial charge in [0.15, 0.2) is 9.84 Å². The summed E-state index contributed by atoms with van der Waals surface area (Å²) >= 11 is 0. The van der Waals surface area contributed by atoms with E-state index in [9.17, 15) is 17.6 Å². The minimum atomic E-state index is -2.97. The highest BCUT2D eigenvalue weighted by molar-refractivity contribution is 7.91. The molecule has 0 aromatic heterocycles. The molecule has 2 N–H and O–H groups in total. The van der Waals surface area contributed by atoms with Crippen molar-refractivity contribution in [1.29, 1.82) is 0 Å². The van der Waals surface area contributed by atoms with E-state index in [0.29, 0.717) is 49.4 Å². The van der Waals surface area contributed by atoms with E-state index in [1.807, 2.05) is 29.2 Å². The molecule has 2 fully saturated rings. The van der Waals surface area contributed by atoms with Gasteiger partial charge < -0.3 is 15.4 Å². The van der Waals surface area contributed by atoms with Gasteiger partial charge in [0.1, 0.15) is 11.9 Å². The van der Waals surface area contributed by atoms with Gasteiger partial charge in [-0.15, -0.1) is 0 Å². The predicted molar refractivity (Wildman–Crippen MR) is 114 cm³/mol. The Hall–Kier alpha value is -2.65. The van der Waals surface area contributed by atoms with E-state index in [4.69, 9.17) is 10.5 Å². The Labute approximate surface area is 175 Å². The summed E-state index contributed by atoms with van der Waals surface area (Å²) in [5.74, 6) is -0.199. The number of carbonyl (C=O) groups is 1. The van der Waals surface area contributed by atoms with Crippen LogP contribution in [0.25, 0.3) is 11.1 Å². The van der Waals surface area contributed by atoms with Gasteiger partial charge in [-0.1, -0.05) is 12.1 Å². The van der Waals surface area contributed by atoms with E-state index < -0.39 is 21.7 Å². The smallest absolute Gasteiger partial charge is 0.414 e. The first-order valence-corrected chi connectivity index (χ1v) is 11.7. The molecule has 30 heavy (non-hydrogen) atoms. The molecule has 9 heteroatoms. The average molecular weight is 434 g/mol. The van der Waals surface area contributed by atoms with Gasteiger partial charge in [-0.25, -0.2) is 17.6 Å². The second-order valence-corrected chi connectivity index (χ2v) is 9.85. The number of hydrogen-bond donors (Lipinski definition) is 1. The zero-order valence-electron chi connectivity index (χ0n) is 16.5. The third-order valence-electron chi connectivity index (χ3n) is 5.49. The fourth-order valence-corrected chi connectivity index (χ4v) is 5.02. The van der Waals surface area contributed by atoms with Gasteiger partial charge in [0.2, 0.25) is 0 Å². The molecule has 0 saturated carbocycles. The number of ether oxygens (including phenoxy) is 1. The maximum atomic E-state index is 14.9. The molecular weight excluding hydrogens is 409 g/mol. The summed E-state index contributed by atoms with van der Waals surface area (Å²) in [6, 6.07) is 12.1. The maximum absolute atomic E-state index is 14.9. The topological polar surface area (TPSA) is 92.9 Å². The molecule has 0 radical (unpaired) electrons. The molecule has 1 amide bonds. The lowest BCUT2D eigenvalue weighted by Crippen LogP contribution is -2.40. The summed E-state index contributed by atoms with van der Waals surface area (Å²) in [5, 5.41) is 0. The number of halogens is 1. The molecule has 2 saturated heterocycles. The summed E-state index contributed by atoms with van der Waals surface area (Å²) in [6.07, 6.45) is -0.217. The van der Waals surface area contributed by atoms with Crippen LogP contribution < -0.4 is 15.5 Å². The molecule has 2 heterocycles. The van der Waals surface area contributed by atoms with Crippen LogP contribution in [0.3, 0.4) is 0 Å². The van der Waals surface area contributed by atoms with E-state index in [1.54, 1.807) is 12.1 Å². The van der Waals surface area contributed by atoms with Crippen molar-refractivity contribution in [3.63, 3.8) is 0 Å². The Morgan fingerprint density at radius 1 is 1.10 bits per heavy atom. The monoisotopic (exact) mass is 433 g/mol. The number of rotatable bonds is 5. The van der Waals surface area contributed by atoms with Gasteiger partial charge in [0, 0.05) is 24.3 Å². The Morgan fingerprint density at radius 2 is 1.87 bits per heavy atom. The Morgan fingerprint density at radius 3 is 2.57 bits per heavy atom. The summed E-state index contributed by atoms with van der Waals surface area (Å²) in [7, 11) is -2.97. The van der Waals surface area contributed by atoms with Gasteiger partial charge in [-0.2, -0.15) is 0 Å². The molecule has 160 valence electrons.